The van der Waals surface area contributed by atoms with Crippen LogP contribution in [0.5, 0.6) is 0 Å². The third kappa shape index (κ3) is 6.34. The normalized spacial score (nSPS) is 15.1. The lowest BCUT2D eigenvalue weighted by atomic mass is 10.1. The van der Waals surface area contributed by atoms with Crippen molar-refractivity contribution < 1.29 is 22.4 Å². The Balaban J connectivity index is 1.90. The Hall–Kier alpha value is -2.94. The van der Waals surface area contributed by atoms with Gasteiger partial charge in [0.05, 0.1) is 11.9 Å². The maximum atomic E-state index is 14.4. The zero-order chi connectivity index (χ0) is 24.9. The van der Waals surface area contributed by atoms with Gasteiger partial charge in [-0.05, 0) is 49.9 Å². The summed E-state index contributed by atoms with van der Waals surface area (Å²) in [5.74, 6) is -1.63. The van der Waals surface area contributed by atoms with Crippen molar-refractivity contribution in [1.29, 1.82) is 0 Å². The van der Waals surface area contributed by atoms with Crippen LogP contribution in [0.4, 0.5) is 10.1 Å². The number of benzene rings is 2. The van der Waals surface area contributed by atoms with Gasteiger partial charge in [-0.1, -0.05) is 49.2 Å². The summed E-state index contributed by atoms with van der Waals surface area (Å²) >= 11 is 0. The SMILES string of the molecule is Cc1ccccc1CN(C(=O)CN(c1ccccc1F)S(C)(=O)=O)C(C)C(=O)NC1CCCC1. The van der Waals surface area contributed by atoms with Gasteiger partial charge < -0.3 is 10.2 Å². The number of sulfonamides is 1. The van der Waals surface area contributed by atoms with E-state index in [1.54, 1.807) is 6.92 Å². The largest absolute Gasteiger partial charge is 0.352 e. The van der Waals surface area contributed by atoms with E-state index in [0.717, 1.165) is 53.4 Å². The zero-order valence-electron chi connectivity index (χ0n) is 19.8. The van der Waals surface area contributed by atoms with Crippen molar-refractivity contribution >= 4 is 27.5 Å². The minimum atomic E-state index is -3.97. The molecule has 0 saturated heterocycles. The highest BCUT2D eigenvalue weighted by Gasteiger charge is 2.32. The lowest BCUT2D eigenvalue weighted by molar-refractivity contribution is -0.139. The minimum Gasteiger partial charge on any atom is -0.352 e. The highest BCUT2D eigenvalue weighted by Crippen LogP contribution is 2.23. The highest BCUT2D eigenvalue weighted by atomic mass is 32.2. The molecule has 9 heteroatoms. The van der Waals surface area contributed by atoms with E-state index in [9.17, 15) is 22.4 Å². The van der Waals surface area contributed by atoms with Crippen molar-refractivity contribution in [3.8, 4) is 0 Å². The first-order valence-corrected chi connectivity index (χ1v) is 13.3. The molecular weight excluding hydrogens is 457 g/mol. The second kappa shape index (κ2) is 11.0. The number of anilines is 1. The Morgan fingerprint density at radius 3 is 2.32 bits per heavy atom. The van der Waals surface area contributed by atoms with Crippen molar-refractivity contribution in [2.24, 2.45) is 0 Å². The van der Waals surface area contributed by atoms with Crippen LogP contribution >= 0.6 is 0 Å². The first-order valence-electron chi connectivity index (χ1n) is 11.4. The molecule has 0 radical (unpaired) electrons. The molecule has 0 heterocycles. The van der Waals surface area contributed by atoms with Crippen LogP contribution < -0.4 is 9.62 Å². The first-order chi connectivity index (χ1) is 16.1. The molecule has 2 aromatic carbocycles. The van der Waals surface area contributed by atoms with Gasteiger partial charge in [-0.3, -0.25) is 13.9 Å². The van der Waals surface area contributed by atoms with Gasteiger partial charge in [0.1, 0.15) is 18.4 Å². The van der Waals surface area contributed by atoms with Gasteiger partial charge in [-0.2, -0.15) is 0 Å². The van der Waals surface area contributed by atoms with E-state index >= 15 is 0 Å². The molecule has 0 aromatic heterocycles. The monoisotopic (exact) mass is 489 g/mol. The fourth-order valence-corrected chi connectivity index (χ4v) is 5.04. The summed E-state index contributed by atoms with van der Waals surface area (Å²) in [6.45, 7) is 3.05. The molecule has 7 nitrogen and oxygen atoms in total. The van der Waals surface area contributed by atoms with E-state index in [1.807, 2.05) is 31.2 Å². The molecule has 1 saturated carbocycles. The van der Waals surface area contributed by atoms with Gasteiger partial charge in [0, 0.05) is 12.6 Å². The molecule has 2 amide bonds. The van der Waals surface area contributed by atoms with Gasteiger partial charge in [-0.25, -0.2) is 12.8 Å². The number of carbonyl (C=O) groups excluding carboxylic acids is 2. The van der Waals surface area contributed by atoms with Gasteiger partial charge in [0.15, 0.2) is 0 Å². The van der Waals surface area contributed by atoms with Crippen LogP contribution in [0.3, 0.4) is 0 Å². The van der Waals surface area contributed by atoms with Crippen LogP contribution in [0.2, 0.25) is 0 Å². The Bertz CT molecular complexity index is 1130. The van der Waals surface area contributed by atoms with Gasteiger partial charge in [-0.15, -0.1) is 0 Å². The van der Waals surface area contributed by atoms with Crippen molar-refractivity contribution in [3.63, 3.8) is 0 Å². The molecule has 1 aliphatic carbocycles. The molecule has 2 aromatic rings. The zero-order valence-corrected chi connectivity index (χ0v) is 20.6. The summed E-state index contributed by atoms with van der Waals surface area (Å²) in [5, 5.41) is 3.01. The summed E-state index contributed by atoms with van der Waals surface area (Å²) in [4.78, 5) is 27.9. The van der Waals surface area contributed by atoms with Crippen molar-refractivity contribution in [2.75, 3.05) is 17.1 Å². The highest BCUT2D eigenvalue weighted by molar-refractivity contribution is 7.92. The quantitative estimate of drug-likeness (QED) is 0.585. The fraction of sp³-hybridized carbons (Fsp3) is 0.440. The average molecular weight is 490 g/mol. The molecule has 1 unspecified atom stereocenters. The molecule has 1 atom stereocenters. The van der Waals surface area contributed by atoms with Crippen LogP contribution in [0.15, 0.2) is 48.5 Å². The first kappa shape index (κ1) is 25.7. The molecule has 184 valence electrons. The number of carbonyl (C=O) groups is 2. The smallest absolute Gasteiger partial charge is 0.244 e. The number of rotatable bonds is 9. The summed E-state index contributed by atoms with van der Waals surface area (Å²) < 4.78 is 40.2. The van der Waals surface area contributed by atoms with E-state index in [0.29, 0.717) is 0 Å². The standard InChI is InChI=1S/C25H32FN3O4S/c1-18-10-4-5-11-20(18)16-28(19(2)25(31)27-21-12-6-7-13-21)24(30)17-29(34(3,32)33)23-15-9-8-14-22(23)26/h4-5,8-11,14-15,19,21H,6-7,12-13,16-17H2,1-3H3,(H,27,31). The van der Waals surface area contributed by atoms with Gasteiger partial charge in [0.25, 0.3) is 0 Å². The van der Waals surface area contributed by atoms with Crippen LogP contribution in [0.1, 0.15) is 43.7 Å². The molecule has 0 aliphatic heterocycles. The second-order valence-corrected chi connectivity index (χ2v) is 10.7. The topological polar surface area (TPSA) is 86.8 Å². The number of halogens is 1. The van der Waals surface area contributed by atoms with E-state index in [2.05, 4.69) is 5.32 Å². The molecule has 1 aliphatic rings. The van der Waals surface area contributed by atoms with Crippen molar-refractivity contribution in [3.05, 3.63) is 65.5 Å². The Labute approximate surface area is 201 Å². The summed E-state index contributed by atoms with van der Waals surface area (Å²) in [5.41, 5.74) is 1.57. The Kier molecular flexibility index (Phi) is 8.30. The number of amides is 2. The van der Waals surface area contributed by atoms with E-state index in [4.69, 9.17) is 0 Å². The third-order valence-electron chi connectivity index (χ3n) is 6.27. The number of hydrogen-bond acceptors (Lipinski definition) is 4. The lowest BCUT2D eigenvalue weighted by Gasteiger charge is -2.32. The number of nitrogens with one attached hydrogen (secondary N) is 1. The number of para-hydroxylation sites is 1. The van der Waals surface area contributed by atoms with Crippen LogP contribution in [-0.2, 0) is 26.2 Å². The minimum absolute atomic E-state index is 0.0799. The van der Waals surface area contributed by atoms with Gasteiger partial charge in [0.2, 0.25) is 21.8 Å². The summed E-state index contributed by atoms with van der Waals surface area (Å²) in [6.07, 6.45) is 4.83. The third-order valence-corrected chi connectivity index (χ3v) is 7.40. The number of hydrogen-bond donors (Lipinski definition) is 1. The molecule has 1 fully saturated rings. The molecular formula is C25H32FN3O4S. The lowest BCUT2D eigenvalue weighted by Crippen LogP contribution is -2.52. The van der Waals surface area contributed by atoms with Gasteiger partial charge >= 0.3 is 0 Å². The number of nitrogens with zero attached hydrogens (tertiary/aromatic N) is 2. The molecule has 34 heavy (non-hydrogen) atoms. The van der Waals surface area contributed by atoms with Crippen molar-refractivity contribution in [1.82, 2.24) is 10.2 Å². The van der Waals surface area contributed by atoms with Crippen LogP contribution in [0, 0.1) is 12.7 Å². The predicted octanol–water partition coefficient (Wildman–Crippen LogP) is 3.38. The van der Waals surface area contributed by atoms with Crippen molar-refractivity contribution in [2.45, 2.75) is 58.2 Å². The molecule has 1 N–H and O–H groups in total. The van der Waals surface area contributed by atoms with Crippen LogP contribution in [-0.4, -0.2) is 50.0 Å². The number of aryl methyl sites for hydroxylation is 1. The summed E-state index contributed by atoms with van der Waals surface area (Å²) in [7, 11) is -3.97. The molecule has 0 bridgehead atoms. The molecule has 0 spiro atoms. The average Bonchev–Trinajstić information content (AvgIpc) is 3.29. The predicted molar refractivity (Wildman–Crippen MR) is 130 cm³/mol. The maximum absolute atomic E-state index is 14.4. The van der Waals surface area contributed by atoms with E-state index < -0.39 is 34.3 Å². The van der Waals surface area contributed by atoms with E-state index in [1.165, 1.54) is 23.1 Å². The second-order valence-electron chi connectivity index (χ2n) is 8.84. The molecule has 3 rings (SSSR count). The van der Waals surface area contributed by atoms with Crippen LogP contribution in [0.25, 0.3) is 0 Å². The Morgan fingerprint density at radius 1 is 1.09 bits per heavy atom. The fourth-order valence-electron chi connectivity index (χ4n) is 4.19. The Morgan fingerprint density at radius 2 is 1.71 bits per heavy atom. The maximum Gasteiger partial charge on any atom is 0.244 e. The van der Waals surface area contributed by atoms with E-state index in [-0.39, 0.29) is 24.2 Å². The summed E-state index contributed by atoms with van der Waals surface area (Å²) in [6, 6.07) is 12.1.